The molecule has 1 amide bonds. The van der Waals surface area contributed by atoms with Gasteiger partial charge in [0, 0.05) is 6.20 Å². The molecule has 112 valence electrons. The Labute approximate surface area is 125 Å². The van der Waals surface area contributed by atoms with Crippen LogP contribution in [-0.4, -0.2) is 15.9 Å². The fraction of sp³-hybridized carbons (Fsp3) is 0.133. The van der Waals surface area contributed by atoms with Gasteiger partial charge < -0.3 is 15.5 Å². The van der Waals surface area contributed by atoms with Gasteiger partial charge in [-0.1, -0.05) is 13.0 Å². The van der Waals surface area contributed by atoms with Crippen molar-refractivity contribution in [2.75, 3.05) is 11.1 Å². The summed E-state index contributed by atoms with van der Waals surface area (Å²) >= 11 is 0. The van der Waals surface area contributed by atoms with E-state index in [1.54, 1.807) is 12.3 Å². The Morgan fingerprint density at radius 3 is 2.86 bits per heavy atom. The number of aromatic nitrogens is 2. The number of fused-ring (bicyclic) bond motifs is 1. The second kappa shape index (κ2) is 5.44. The van der Waals surface area contributed by atoms with E-state index in [-0.39, 0.29) is 22.5 Å². The van der Waals surface area contributed by atoms with E-state index in [1.807, 2.05) is 13.0 Å². The van der Waals surface area contributed by atoms with E-state index < -0.39 is 11.9 Å². The number of nitrogen functional groups attached to an aromatic ring is 1. The molecule has 0 radical (unpaired) electrons. The average Bonchev–Trinajstić information content (AvgIpc) is 2.85. The molecule has 0 aliphatic rings. The number of nitrogens with one attached hydrogen (secondary N) is 1. The minimum atomic E-state index is -0.691. The van der Waals surface area contributed by atoms with Gasteiger partial charge in [0.2, 0.25) is 11.7 Å². The number of amides is 1. The van der Waals surface area contributed by atoms with Crippen LogP contribution in [0.2, 0.25) is 0 Å². The quantitative estimate of drug-likeness (QED) is 0.725. The van der Waals surface area contributed by atoms with E-state index in [0.717, 1.165) is 18.1 Å². The number of rotatable bonds is 3. The summed E-state index contributed by atoms with van der Waals surface area (Å²) in [6, 6.07) is 6.06. The molecule has 0 aliphatic heterocycles. The van der Waals surface area contributed by atoms with Crippen molar-refractivity contribution in [2.24, 2.45) is 0 Å². The molecule has 3 N–H and O–H groups in total. The van der Waals surface area contributed by atoms with Crippen LogP contribution in [0.15, 0.2) is 34.9 Å². The second-order valence-corrected chi connectivity index (χ2v) is 4.68. The van der Waals surface area contributed by atoms with Gasteiger partial charge in [0.05, 0.1) is 0 Å². The summed E-state index contributed by atoms with van der Waals surface area (Å²) in [4.78, 5) is 19.9. The zero-order valence-electron chi connectivity index (χ0n) is 11.8. The number of furan rings is 1. The molecule has 0 atom stereocenters. The van der Waals surface area contributed by atoms with Crippen molar-refractivity contribution in [1.29, 1.82) is 0 Å². The fourth-order valence-corrected chi connectivity index (χ4v) is 2.02. The summed E-state index contributed by atoms with van der Waals surface area (Å²) in [5.41, 5.74) is 7.23. The maximum absolute atomic E-state index is 13.1. The van der Waals surface area contributed by atoms with Crippen LogP contribution in [0.5, 0.6) is 0 Å². The summed E-state index contributed by atoms with van der Waals surface area (Å²) in [5.74, 6) is -0.993. The molecule has 0 fully saturated rings. The van der Waals surface area contributed by atoms with Gasteiger partial charge >= 0.3 is 0 Å². The molecule has 6 nitrogen and oxygen atoms in total. The van der Waals surface area contributed by atoms with Crippen LogP contribution in [0.25, 0.3) is 11.1 Å². The smallest absolute Gasteiger partial charge is 0.294 e. The molecule has 0 saturated carbocycles. The van der Waals surface area contributed by atoms with Crippen molar-refractivity contribution in [3.8, 4) is 0 Å². The molecule has 0 bridgehead atoms. The number of hydrogen-bond donors (Lipinski definition) is 2. The van der Waals surface area contributed by atoms with Gasteiger partial charge in [0.25, 0.3) is 5.91 Å². The molecular formula is C15H13FN4O2. The molecule has 0 unspecified atom stereocenters. The van der Waals surface area contributed by atoms with Crippen molar-refractivity contribution in [2.45, 2.75) is 13.3 Å². The second-order valence-electron chi connectivity index (χ2n) is 4.68. The molecular weight excluding hydrogens is 287 g/mol. The molecule has 7 heteroatoms. The molecule has 3 heterocycles. The number of nitrogens with zero attached hydrogens (tertiary/aromatic N) is 2. The SMILES string of the molecule is CCc1ccc(NC(=O)c2oc3ccc(F)nc3c2N)nc1. The Balaban J connectivity index is 1.89. The Kier molecular flexibility index (Phi) is 3.46. The summed E-state index contributed by atoms with van der Waals surface area (Å²) in [7, 11) is 0. The van der Waals surface area contributed by atoms with Gasteiger partial charge in [-0.25, -0.2) is 9.97 Å². The molecule has 0 aromatic carbocycles. The molecule has 22 heavy (non-hydrogen) atoms. The highest BCUT2D eigenvalue weighted by Gasteiger charge is 2.20. The monoisotopic (exact) mass is 300 g/mol. The standard InChI is InChI=1S/C15H13FN4O2/c1-2-8-3-6-11(18-7-8)20-15(21)14-12(17)13-9(22-14)4-5-10(16)19-13/h3-7H,2,17H2,1H3,(H,18,20,21). The van der Waals surface area contributed by atoms with Crippen LogP contribution in [0.1, 0.15) is 23.0 Å². The van der Waals surface area contributed by atoms with Crippen molar-refractivity contribution in [1.82, 2.24) is 9.97 Å². The summed E-state index contributed by atoms with van der Waals surface area (Å²) < 4.78 is 18.5. The minimum absolute atomic E-state index is 0.00261. The predicted octanol–water partition coefficient (Wildman–Crippen LogP) is 2.76. The molecule has 0 aliphatic carbocycles. The van der Waals surface area contributed by atoms with E-state index >= 15 is 0 Å². The van der Waals surface area contributed by atoms with Gasteiger partial charge in [-0.15, -0.1) is 0 Å². The fourth-order valence-electron chi connectivity index (χ4n) is 2.02. The van der Waals surface area contributed by atoms with Crippen LogP contribution in [0.4, 0.5) is 15.9 Å². The first kappa shape index (κ1) is 14.0. The molecule has 0 saturated heterocycles. The lowest BCUT2D eigenvalue weighted by Gasteiger charge is -2.03. The van der Waals surface area contributed by atoms with Crippen LogP contribution >= 0.6 is 0 Å². The number of halogens is 1. The van der Waals surface area contributed by atoms with Gasteiger partial charge in [-0.2, -0.15) is 4.39 Å². The number of aryl methyl sites for hydroxylation is 1. The number of pyridine rings is 2. The average molecular weight is 300 g/mol. The number of nitrogens with two attached hydrogens (primary N) is 1. The van der Waals surface area contributed by atoms with Gasteiger partial charge in [0.15, 0.2) is 5.58 Å². The Hall–Kier alpha value is -2.96. The molecule has 0 spiro atoms. The van der Waals surface area contributed by atoms with Gasteiger partial charge in [-0.05, 0) is 30.2 Å². The summed E-state index contributed by atoms with van der Waals surface area (Å²) in [5, 5.41) is 2.58. The molecule has 3 rings (SSSR count). The van der Waals surface area contributed by atoms with Crippen molar-refractivity contribution >= 4 is 28.5 Å². The molecule has 3 aromatic heterocycles. The third kappa shape index (κ3) is 2.48. The van der Waals surface area contributed by atoms with Crippen LogP contribution < -0.4 is 11.1 Å². The third-order valence-electron chi connectivity index (χ3n) is 3.22. The number of carbonyl (C=O) groups excluding carboxylic acids is 1. The number of anilines is 2. The van der Waals surface area contributed by atoms with E-state index in [0.29, 0.717) is 5.82 Å². The first-order valence-electron chi connectivity index (χ1n) is 6.69. The number of hydrogen-bond acceptors (Lipinski definition) is 5. The zero-order valence-corrected chi connectivity index (χ0v) is 11.8. The lowest BCUT2D eigenvalue weighted by molar-refractivity contribution is 0.0999. The maximum Gasteiger partial charge on any atom is 0.294 e. The first-order valence-corrected chi connectivity index (χ1v) is 6.69. The van der Waals surface area contributed by atoms with E-state index in [4.69, 9.17) is 10.2 Å². The Bertz CT molecular complexity index is 843. The Morgan fingerprint density at radius 1 is 1.36 bits per heavy atom. The van der Waals surface area contributed by atoms with E-state index in [1.165, 1.54) is 6.07 Å². The number of carbonyl (C=O) groups is 1. The molecule has 3 aromatic rings. The predicted molar refractivity (Wildman–Crippen MR) is 79.9 cm³/mol. The topological polar surface area (TPSA) is 94.0 Å². The highest BCUT2D eigenvalue weighted by atomic mass is 19.1. The van der Waals surface area contributed by atoms with Crippen molar-refractivity contribution in [3.05, 3.63) is 47.7 Å². The van der Waals surface area contributed by atoms with Crippen molar-refractivity contribution in [3.63, 3.8) is 0 Å². The zero-order chi connectivity index (χ0) is 15.7. The van der Waals surface area contributed by atoms with Gasteiger partial charge in [-0.3, -0.25) is 4.79 Å². The summed E-state index contributed by atoms with van der Waals surface area (Å²) in [6.07, 6.45) is 2.53. The van der Waals surface area contributed by atoms with E-state index in [2.05, 4.69) is 15.3 Å². The van der Waals surface area contributed by atoms with Crippen molar-refractivity contribution < 1.29 is 13.6 Å². The van der Waals surface area contributed by atoms with Crippen LogP contribution in [-0.2, 0) is 6.42 Å². The lowest BCUT2D eigenvalue weighted by atomic mass is 10.2. The maximum atomic E-state index is 13.1. The lowest BCUT2D eigenvalue weighted by Crippen LogP contribution is -2.13. The highest BCUT2D eigenvalue weighted by Crippen LogP contribution is 2.27. The minimum Gasteiger partial charge on any atom is -0.447 e. The van der Waals surface area contributed by atoms with Crippen LogP contribution in [0.3, 0.4) is 0 Å². The first-order chi connectivity index (χ1) is 10.6. The van der Waals surface area contributed by atoms with E-state index in [9.17, 15) is 9.18 Å². The largest absolute Gasteiger partial charge is 0.447 e. The highest BCUT2D eigenvalue weighted by molar-refractivity contribution is 6.09. The Morgan fingerprint density at radius 2 is 2.18 bits per heavy atom. The third-order valence-corrected chi connectivity index (χ3v) is 3.22. The van der Waals surface area contributed by atoms with Gasteiger partial charge in [0.1, 0.15) is 17.0 Å². The summed E-state index contributed by atoms with van der Waals surface area (Å²) in [6.45, 7) is 2.01. The van der Waals surface area contributed by atoms with Crippen LogP contribution in [0, 0.1) is 5.95 Å². The normalized spacial score (nSPS) is 10.8.